The zero-order chi connectivity index (χ0) is 31.4. The van der Waals surface area contributed by atoms with Gasteiger partial charge in [-0.25, -0.2) is 22.8 Å². The van der Waals surface area contributed by atoms with Gasteiger partial charge in [-0.1, -0.05) is 12.1 Å². The van der Waals surface area contributed by atoms with Crippen LogP contribution >= 0.6 is 0 Å². The first-order valence-corrected chi connectivity index (χ1v) is 14.4. The number of rotatable bonds is 7. The Morgan fingerprint density at radius 2 is 1.88 bits per heavy atom. The predicted molar refractivity (Wildman–Crippen MR) is 137 cm³/mol. The smallest absolute Gasteiger partial charge is 0.422 e. The van der Waals surface area contributed by atoms with Crippen LogP contribution in [0, 0.1) is 6.92 Å². The largest absolute Gasteiger partial charge is 0.484 e. The SMILES string of the molecule is Cc1ccc(-n2nc3c(c2C(=O)NS(=O)(=O)CCC(F)(F)F)C(=O)N[C@@]2(CCc4cc(OCC(F)(F)F)ccc42)C3)nc1. The first kappa shape index (κ1) is 30.3. The normalized spacial score (nSPS) is 18.3. The van der Waals surface area contributed by atoms with Gasteiger partial charge in [0.15, 0.2) is 12.4 Å². The van der Waals surface area contributed by atoms with Crippen molar-refractivity contribution in [2.24, 2.45) is 0 Å². The average Bonchev–Trinajstić information content (AvgIpc) is 3.45. The summed E-state index contributed by atoms with van der Waals surface area (Å²) in [6, 6.07) is 7.43. The molecule has 3 aromatic rings. The second-order valence-electron chi connectivity index (χ2n) is 10.3. The van der Waals surface area contributed by atoms with Crippen molar-refractivity contribution in [3.05, 3.63) is 70.2 Å². The highest BCUT2D eigenvalue weighted by molar-refractivity contribution is 7.90. The minimum atomic E-state index is -4.79. The molecular formula is C26H23F6N5O5S. The van der Waals surface area contributed by atoms with Crippen molar-refractivity contribution < 1.29 is 49.1 Å². The first-order valence-electron chi connectivity index (χ1n) is 12.8. The molecule has 2 aliphatic rings. The van der Waals surface area contributed by atoms with Gasteiger partial charge in [-0.05, 0) is 54.7 Å². The Morgan fingerprint density at radius 1 is 1.14 bits per heavy atom. The van der Waals surface area contributed by atoms with Crippen molar-refractivity contribution in [1.29, 1.82) is 0 Å². The van der Waals surface area contributed by atoms with Crippen LogP contribution in [0.5, 0.6) is 5.75 Å². The number of halogens is 6. The van der Waals surface area contributed by atoms with Gasteiger partial charge in [-0.3, -0.25) is 9.59 Å². The van der Waals surface area contributed by atoms with E-state index in [0.717, 1.165) is 10.2 Å². The van der Waals surface area contributed by atoms with Crippen LogP contribution in [0.3, 0.4) is 0 Å². The van der Waals surface area contributed by atoms with Crippen molar-refractivity contribution in [1.82, 2.24) is 24.8 Å². The Labute approximate surface area is 240 Å². The number of sulfonamides is 1. The molecule has 230 valence electrons. The van der Waals surface area contributed by atoms with Crippen molar-refractivity contribution in [3.63, 3.8) is 0 Å². The molecule has 3 heterocycles. The van der Waals surface area contributed by atoms with Crippen molar-refractivity contribution in [2.75, 3.05) is 12.4 Å². The van der Waals surface area contributed by atoms with E-state index in [1.807, 2.05) is 0 Å². The van der Waals surface area contributed by atoms with Crippen LogP contribution in [0.4, 0.5) is 26.3 Å². The Morgan fingerprint density at radius 3 is 2.53 bits per heavy atom. The van der Waals surface area contributed by atoms with E-state index in [-0.39, 0.29) is 29.2 Å². The second-order valence-corrected chi connectivity index (χ2v) is 12.2. The van der Waals surface area contributed by atoms with Crippen LogP contribution in [-0.4, -0.2) is 59.7 Å². The molecule has 1 atom stereocenters. The number of nitrogens with one attached hydrogen (secondary N) is 2. The van der Waals surface area contributed by atoms with Crippen LogP contribution in [0.15, 0.2) is 36.5 Å². The third-order valence-corrected chi connectivity index (χ3v) is 8.29. The minimum Gasteiger partial charge on any atom is -0.484 e. The molecule has 1 aliphatic carbocycles. The lowest BCUT2D eigenvalue weighted by Gasteiger charge is -2.35. The summed E-state index contributed by atoms with van der Waals surface area (Å²) in [5.74, 6) is -3.55. The maximum absolute atomic E-state index is 13.6. The molecule has 0 radical (unpaired) electrons. The van der Waals surface area contributed by atoms with Gasteiger partial charge in [-0.2, -0.15) is 31.4 Å². The molecular weight excluding hydrogens is 608 g/mol. The highest BCUT2D eigenvalue weighted by Crippen LogP contribution is 2.44. The van der Waals surface area contributed by atoms with Crippen LogP contribution < -0.4 is 14.8 Å². The number of amides is 2. The van der Waals surface area contributed by atoms with Gasteiger partial charge in [0, 0.05) is 12.6 Å². The molecule has 0 saturated heterocycles. The van der Waals surface area contributed by atoms with Crippen LogP contribution in [-0.2, 0) is 28.4 Å². The van der Waals surface area contributed by atoms with Crippen molar-refractivity contribution >= 4 is 21.8 Å². The highest BCUT2D eigenvalue weighted by atomic mass is 32.2. The van der Waals surface area contributed by atoms with E-state index in [0.29, 0.717) is 24.0 Å². The summed E-state index contributed by atoms with van der Waals surface area (Å²) < 4.78 is 108. The number of hydrogen-bond acceptors (Lipinski definition) is 7. The highest BCUT2D eigenvalue weighted by Gasteiger charge is 2.47. The van der Waals surface area contributed by atoms with Gasteiger partial charge in [0.2, 0.25) is 10.0 Å². The summed E-state index contributed by atoms with van der Waals surface area (Å²) in [5, 5.41) is 7.26. The molecule has 5 rings (SSSR count). The van der Waals surface area contributed by atoms with Gasteiger partial charge >= 0.3 is 12.4 Å². The van der Waals surface area contributed by atoms with E-state index < -0.39 is 64.2 Å². The van der Waals surface area contributed by atoms with Gasteiger partial charge in [0.05, 0.1) is 29.0 Å². The lowest BCUT2D eigenvalue weighted by Crippen LogP contribution is -2.50. The molecule has 2 aromatic heterocycles. The summed E-state index contributed by atoms with van der Waals surface area (Å²) in [5.41, 5.74) is 0.201. The number of fused-ring (bicyclic) bond motifs is 3. The standard InChI is InChI=1S/C26H23F6N5O5S/c1-14-2-5-19(33-12-14)37-21(23(39)36-43(40,41)9-8-25(27,28)29)20-18(35-37)11-24(34-22(20)38)7-6-15-10-16(3-4-17(15)24)42-13-26(30,31)32/h2-5,10,12H,6-9,11,13H2,1H3,(H,34,38)(H,36,39)/t24-/m0/s1. The molecule has 43 heavy (non-hydrogen) atoms. The fourth-order valence-electron chi connectivity index (χ4n) is 5.18. The number of pyridine rings is 1. The zero-order valence-electron chi connectivity index (χ0n) is 22.3. The van der Waals surface area contributed by atoms with Crippen LogP contribution in [0.25, 0.3) is 5.82 Å². The molecule has 0 fully saturated rings. The molecule has 2 amide bonds. The monoisotopic (exact) mass is 631 g/mol. The molecule has 0 saturated carbocycles. The van der Waals surface area contributed by atoms with E-state index in [1.165, 1.54) is 24.4 Å². The van der Waals surface area contributed by atoms with Crippen molar-refractivity contribution in [2.45, 2.75) is 50.5 Å². The van der Waals surface area contributed by atoms with Gasteiger partial charge in [0.25, 0.3) is 11.8 Å². The molecule has 1 spiro atoms. The van der Waals surface area contributed by atoms with Crippen LogP contribution in [0.2, 0.25) is 0 Å². The fraction of sp³-hybridized carbons (Fsp3) is 0.385. The van der Waals surface area contributed by atoms with Gasteiger partial charge in [-0.15, -0.1) is 0 Å². The number of hydrogen-bond donors (Lipinski definition) is 2. The lowest BCUT2D eigenvalue weighted by molar-refractivity contribution is -0.153. The predicted octanol–water partition coefficient (Wildman–Crippen LogP) is 3.66. The molecule has 10 nitrogen and oxygen atoms in total. The topological polar surface area (TPSA) is 132 Å². The Balaban J connectivity index is 1.51. The van der Waals surface area contributed by atoms with E-state index in [4.69, 9.17) is 4.74 Å². The Hall–Kier alpha value is -4.15. The number of alkyl halides is 6. The van der Waals surface area contributed by atoms with Crippen molar-refractivity contribution in [3.8, 4) is 11.6 Å². The van der Waals surface area contributed by atoms with Crippen LogP contribution in [0.1, 0.15) is 56.1 Å². The van der Waals surface area contributed by atoms with E-state index in [1.54, 1.807) is 23.8 Å². The molecule has 0 unspecified atom stereocenters. The summed E-state index contributed by atoms with van der Waals surface area (Å²) in [7, 11) is -4.77. The zero-order valence-corrected chi connectivity index (χ0v) is 23.1. The number of carbonyl (C=O) groups excluding carboxylic acids is 2. The third-order valence-electron chi connectivity index (χ3n) is 7.05. The average molecular weight is 632 g/mol. The quantitative estimate of drug-likeness (QED) is 0.381. The summed E-state index contributed by atoms with van der Waals surface area (Å²) in [6.45, 7) is 0.262. The summed E-state index contributed by atoms with van der Waals surface area (Å²) in [4.78, 5) is 31.0. The minimum absolute atomic E-state index is 0.00337. The number of benzene rings is 1. The Kier molecular flexibility index (Phi) is 7.43. The molecule has 17 heteroatoms. The number of carbonyl (C=O) groups is 2. The van der Waals surface area contributed by atoms with E-state index in [9.17, 15) is 44.3 Å². The third kappa shape index (κ3) is 6.45. The van der Waals surface area contributed by atoms with Gasteiger partial charge in [0.1, 0.15) is 11.4 Å². The first-order chi connectivity index (χ1) is 20.0. The maximum atomic E-state index is 13.6. The summed E-state index contributed by atoms with van der Waals surface area (Å²) in [6.07, 6.45) is -8.85. The molecule has 0 bridgehead atoms. The molecule has 1 aromatic carbocycles. The molecule has 2 N–H and O–H groups in total. The number of nitrogens with zero attached hydrogens (tertiary/aromatic N) is 3. The van der Waals surface area contributed by atoms with E-state index >= 15 is 0 Å². The number of aryl methyl sites for hydroxylation is 2. The second kappa shape index (κ2) is 10.5. The summed E-state index contributed by atoms with van der Waals surface area (Å²) >= 11 is 0. The van der Waals surface area contributed by atoms with E-state index in [2.05, 4.69) is 15.4 Å². The molecule has 1 aliphatic heterocycles. The Bertz CT molecular complexity index is 1700. The lowest BCUT2D eigenvalue weighted by atomic mass is 9.82. The maximum Gasteiger partial charge on any atom is 0.422 e. The number of ether oxygens (including phenoxy) is 1. The fourth-order valence-corrected chi connectivity index (χ4v) is 6.16. The number of aromatic nitrogens is 3. The van der Waals surface area contributed by atoms with Gasteiger partial charge < -0.3 is 10.1 Å².